The Hall–Kier alpha value is -1.86. The van der Waals surface area contributed by atoms with Crippen molar-refractivity contribution >= 4 is 35.3 Å². The molecule has 7 heteroatoms. The molecular formula is C24H34N4O2S. The largest absolute Gasteiger partial charge is 0.326 e. The Labute approximate surface area is 189 Å². The van der Waals surface area contributed by atoms with E-state index < -0.39 is 5.54 Å². The summed E-state index contributed by atoms with van der Waals surface area (Å²) in [6.45, 7) is 5.43. The van der Waals surface area contributed by atoms with Crippen molar-refractivity contribution in [2.45, 2.75) is 70.8 Å². The van der Waals surface area contributed by atoms with Crippen LogP contribution in [0, 0.1) is 12.8 Å². The number of carbonyl (C=O) groups excluding carboxylic acids is 2. The van der Waals surface area contributed by atoms with E-state index in [9.17, 15) is 9.59 Å². The van der Waals surface area contributed by atoms with Crippen LogP contribution in [0.15, 0.2) is 23.2 Å². The molecular weight excluding hydrogens is 408 g/mol. The number of aryl methyl sites for hydroxylation is 2. The van der Waals surface area contributed by atoms with Gasteiger partial charge in [0, 0.05) is 37.4 Å². The molecule has 6 nitrogen and oxygen atoms in total. The lowest BCUT2D eigenvalue weighted by atomic mass is 9.88. The maximum absolute atomic E-state index is 12.8. The minimum atomic E-state index is -0.514. The van der Waals surface area contributed by atoms with E-state index in [2.05, 4.69) is 27.9 Å². The summed E-state index contributed by atoms with van der Waals surface area (Å²) in [7, 11) is 0. The maximum Gasteiger partial charge on any atom is 0.253 e. The molecule has 168 valence electrons. The topological polar surface area (TPSA) is 73.8 Å². The lowest BCUT2D eigenvalue weighted by Crippen LogP contribution is -2.47. The van der Waals surface area contributed by atoms with E-state index in [1.165, 1.54) is 50.2 Å². The minimum Gasteiger partial charge on any atom is -0.326 e. The Bertz CT molecular complexity index is 855. The highest BCUT2D eigenvalue weighted by Crippen LogP contribution is 2.35. The average Bonchev–Trinajstić information content (AvgIpc) is 3.07. The fourth-order valence-corrected chi connectivity index (χ4v) is 5.99. The molecule has 1 aromatic rings. The van der Waals surface area contributed by atoms with Crippen LogP contribution in [0.1, 0.15) is 63.0 Å². The molecule has 0 aromatic heterocycles. The molecule has 31 heavy (non-hydrogen) atoms. The van der Waals surface area contributed by atoms with Gasteiger partial charge in [-0.15, -0.1) is 0 Å². The van der Waals surface area contributed by atoms with Crippen molar-refractivity contribution in [1.29, 1.82) is 0 Å². The van der Waals surface area contributed by atoms with Crippen molar-refractivity contribution < 1.29 is 9.59 Å². The smallest absolute Gasteiger partial charge is 0.253 e. The number of nitrogens with zero attached hydrogens (tertiary/aromatic N) is 2. The fourth-order valence-electron chi connectivity index (χ4n) is 4.98. The molecule has 3 aliphatic rings. The summed E-state index contributed by atoms with van der Waals surface area (Å²) in [5, 5.41) is 5.98. The minimum absolute atomic E-state index is 0.0447. The number of amides is 2. The lowest BCUT2D eigenvalue weighted by Gasteiger charge is -2.34. The van der Waals surface area contributed by atoms with E-state index >= 15 is 0 Å². The van der Waals surface area contributed by atoms with Crippen LogP contribution in [0.25, 0.3) is 0 Å². The first-order valence-corrected chi connectivity index (χ1v) is 12.6. The third-order valence-corrected chi connectivity index (χ3v) is 7.97. The number of nitrogens with one attached hydrogen (secondary N) is 2. The Morgan fingerprint density at radius 2 is 2.00 bits per heavy atom. The van der Waals surface area contributed by atoms with Crippen molar-refractivity contribution in [3.8, 4) is 0 Å². The van der Waals surface area contributed by atoms with Gasteiger partial charge in [-0.1, -0.05) is 37.3 Å². The molecule has 2 fully saturated rings. The van der Waals surface area contributed by atoms with Gasteiger partial charge in [-0.25, -0.2) is 0 Å². The van der Waals surface area contributed by atoms with E-state index in [1.54, 1.807) is 0 Å². The van der Waals surface area contributed by atoms with Crippen LogP contribution in [0.5, 0.6) is 0 Å². The molecule has 1 saturated heterocycles. The second kappa shape index (κ2) is 9.74. The molecule has 1 saturated carbocycles. The van der Waals surface area contributed by atoms with Gasteiger partial charge in [-0.05, 0) is 62.3 Å². The molecule has 0 atom stereocenters. The van der Waals surface area contributed by atoms with Crippen LogP contribution in [0.4, 0.5) is 5.69 Å². The molecule has 0 radical (unpaired) electrons. The molecule has 0 unspecified atom stereocenters. The van der Waals surface area contributed by atoms with Crippen LogP contribution in [0.2, 0.25) is 0 Å². The van der Waals surface area contributed by atoms with Gasteiger partial charge < -0.3 is 10.6 Å². The van der Waals surface area contributed by atoms with E-state index in [-0.39, 0.29) is 11.8 Å². The van der Waals surface area contributed by atoms with Gasteiger partial charge in [0.2, 0.25) is 5.91 Å². The maximum atomic E-state index is 12.8. The predicted octanol–water partition coefficient (Wildman–Crippen LogP) is 4.09. The van der Waals surface area contributed by atoms with Crippen LogP contribution in [-0.2, 0) is 16.0 Å². The number of aliphatic imine (C=N–C) groups is 1. The molecule has 2 aliphatic heterocycles. The number of hydrogen-bond acceptors (Lipinski definition) is 5. The van der Waals surface area contributed by atoms with Gasteiger partial charge in [0.05, 0.1) is 0 Å². The van der Waals surface area contributed by atoms with Crippen molar-refractivity contribution in [2.24, 2.45) is 10.9 Å². The Kier molecular flexibility index (Phi) is 7.02. The third-order valence-electron chi connectivity index (χ3n) is 6.85. The number of hydrogen-bond donors (Lipinski definition) is 2. The third kappa shape index (κ3) is 5.32. The van der Waals surface area contributed by atoms with Crippen molar-refractivity contribution in [2.75, 3.05) is 24.2 Å². The first-order valence-electron chi connectivity index (χ1n) is 11.6. The molecule has 1 aliphatic carbocycles. The van der Waals surface area contributed by atoms with Crippen LogP contribution < -0.4 is 10.6 Å². The standard InChI is InChI=1S/C24H34N4O2S/c1-17-16-21(25-18(2)29)9-8-19(17)10-15-31-28-13-11-24(12-14-28)23(30)26-22(27-24)20-6-4-3-5-7-20/h8-9,16,20H,3-7,10-15H2,1-2H3,(H,25,29)(H,26,27,30). The summed E-state index contributed by atoms with van der Waals surface area (Å²) in [4.78, 5) is 29.0. The van der Waals surface area contributed by atoms with Gasteiger partial charge in [-0.3, -0.25) is 18.9 Å². The monoisotopic (exact) mass is 442 g/mol. The highest BCUT2D eigenvalue weighted by molar-refractivity contribution is 7.97. The summed E-state index contributed by atoms with van der Waals surface area (Å²) in [6.07, 6.45) is 8.78. The van der Waals surface area contributed by atoms with E-state index in [0.29, 0.717) is 5.92 Å². The zero-order valence-electron chi connectivity index (χ0n) is 18.7. The highest BCUT2D eigenvalue weighted by Gasteiger charge is 2.46. The van der Waals surface area contributed by atoms with Gasteiger partial charge in [0.1, 0.15) is 11.4 Å². The average molecular weight is 443 g/mol. The van der Waals surface area contributed by atoms with Crippen LogP contribution in [-0.4, -0.2) is 46.3 Å². The second-order valence-electron chi connectivity index (χ2n) is 9.15. The zero-order chi connectivity index (χ0) is 21.8. The summed E-state index contributed by atoms with van der Waals surface area (Å²) in [6, 6.07) is 6.11. The molecule has 0 bridgehead atoms. The zero-order valence-corrected chi connectivity index (χ0v) is 19.5. The van der Waals surface area contributed by atoms with Crippen LogP contribution in [0.3, 0.4) is 0 Å². The first kappa shape index (κ1) is 22.3. The molecule has 2 heterocycles. The van der Waals surface area contributed by atoms with Crippen molar-refractivity contribution in [1.82, 2.24) is 9.62 Å². The summed E-state index contributed by atoms with van der Waals surface area (Å²) in [5.41, 5.74) is 2.86. The molecule has 2 N–H and O–H groups in total. The highest BCUT2D eigenvalue weighted by atomic mass is 32.2. The molecule has 1 aromatic carbocycles. The van der Waals surface area contributed by atoms with Crippen molar-refractivity contribution in [3.05, 3.63) is 29.3 Å². The Balaban J connectivity index is 1.25. The van der Waals surface area contributed by atoms with Gasteiger partial charge in [0.15, 0.2) is 0 Å². The van der Waals surface area contributed by atoms with E-state index in [1.807, 2.05) is 24.1 Å². The normalized spacial score (nSPS) is 21.7. The SMILES string of the molecule is CC(=O)Nc1ccc(CCSN2CCC3(CC2)N=C(C2CCCCC2)NC3=O)c(C)c1. The molecule has 2 amide bonds. The molecule has 4 rings (SSSR count). The second-order valence-corrected chi connectivity index (χ2v) is 10.3. The van der Waals surface area contributed by atoms with Gasteiger partial charge >= 0.3 is 0 Å². The predicted molar refractivity (Wildman–Crippen MR) is 127 cm³/mol. The molecule has 1 spiro atoms. The van der Waals surface area contributed by atoms with E-state index in [4.69, 9.17) is 4.99 Å². The number of amidine groups is 1. The Morgan fingerprint density at radius 1 is 1.26 bits per heavy atom. The van der Waals surface area contributed by atoms with Crippen LogP contribution >= 0.6 is 11.9 Å². The number of piperidine rings is 1. The summed E-state index contributed by atoms with van der Waals surface area (Å²) >= 11 is 1.87. The quantitative estimate of drug-likeness (QED) is 0.651. The first-order chi connectivity index (χ1) is 14.9. The fraction of sp³-hybridized carbons (Fsp3) is 0.625. The van der Waals surface area contributed by atoms with Gasteiger partial charge in [-0.2, -0.15) is 0 Å². The van der Waals surface area contributed by atoms with Gasteiger partial charge in [0.25, 0.3) is 5.91 Å². The number of carbonyl (C=O) groups is 2. The number of benzene rings is 1. The Morgan fingerprint density at radius 3 is 2.68 bits per heavy atom. The number of anilines is 1. The number of rotatable bonds is 6. The van der Waals surface area contributed by atoms with E-state index in [0.717, 1.165) is 49.6 Å². The summed E-state index contributed by atoms with van der Waals surface area (Å²) in [5.74, 6) is 2.54. The summed E-state index contributed by atoms with van der Waals surface area (Å²) < 4.78 is 2.40. The van der Waals surface area contributed by atoms with Crippen molar-refractivity contribution in [3.63, 3.8) is 0 Å². The lowest BCUT2D eigenvalue weighted by molar-refractivity contribution is -0.125.